The quantitative estimate of drug-likeness (QED) is 0.557. The number of halogens is 1. The Balaban J connectivity index is 3.26. The van der Waals surface area contributed by atoms with Crippen LogP contribution >= 0.6 is 11.6 Å². The van der Waals surface area contributed by atoms with E-state index in [0.29, 0.717) is 11.1 Å². The average molecular weight is 211 g/mol. The number of hydrogen-bond acceptors (Lipinski definition) is 3. The van der Waals surface area contributed by atoms with Gasteiger partial charge in [-0.3, -0.25) is 10.1 Å². The number of nitrogens with zero attached hydrogens (tertiary/aromatic N) is 2. The molecule has 5 heteroatoms. The third kappa shape index (κ3) is 2.01. The number of benzene rings is 1. The second kappa shape index (κ2) is 4.07. The maximum absolute atomic E-state index is 10.5. The Morgan fingerprint density at radius 1 is 1.64 bits per heavy atom. The van der Waals surface area contributed by atoms with Gasteiger partial charge in [0, 0.05) is 12.1 Å². The molecule has 0 saturated carbocycles. The van der Waals surface area contributed by atoms with E-state index >= 15 is 0 Å². The van der Waals surface area contributed by atoms with Gasteiger partial charge in [-0.05, 0) is 18.1 Å². The van der Waals surface area contributed by atoms with Gasteiger partial charge in [-0.2, -0.15) is 5.26 Å². The maximum Gasteiger partial charge on any atom is 0.271 e. The van der Waals surface area contributed by atoms with Gasteiger partial charge in [0.15, 0.2) is 0 Å². The van der Waals surface area contributed by atoms with Crippen LogP contribution in [0.5, 0.6) is 0 Å². The summed E-state index contributed by atoms with van der Waals surface area (Å²) in [6.45, 7) is 1.70. The van der Waals surface area contributed by atoms with Gasteiger partial charge in [0.05, 0.1) is 22.4 Å². The molecule has 4 nitrogen and oxygen atoms in total. The summed E-state index contributed by atoms with van der Waals surface area (Å²) in [6, 6.07) is 4.64. The number of non-ortho nitro benzene ring substituents is 1. The zero-order chi connectivity index (χ0) is 10.7. The van der Waals surface area contributed by atoms with Gasteiger partial charge in [0.2, 0.25) is 0 Å². The van der Waals surface area contributed by atoms with Gasteiger partial charge in [-0.15, -0.1) is 0 Å². The monoisotopic (exact) mass is 210 g/mol. The largest absolute Gasteiger partial charge is 0.271 e. The van der Waals surface area contributed by atoms with Gasteiger partial charge >= 0.3 is 0 Å². The fraction of sp³-hybridized carbons (Fsp3) is 0.222. The molecular formula is C9H7ClN2O2. The molecule has 0 spiro atoms. The Morgan fingerprint density at radius 2 is 2.29 bits per heavy atom. The highest BCUT2D eigenvalue weighted by Crippen LogP contribution is 2.26. The van der Waals surface area contributed by atoms with E-state index in [4.69, 9.17) is 16.9 Å². The molecule has 1 rings (SSSR count). The topological polar surface area (TPSA) is 66.9 Å². The number of nitriles is 1. The number of nitro benzene ring substituents is 1. The van der Waals surface area contributed by atoms with Crippen LogP contribution in [0.3, 0.4) is 0 Å². The van der Waals surface area contributed by atoms with Crippen molar-refractivity contribution in [2.75, 3.05) is 0 Å². The molecule has 0 aliphatic heterocycles. The van der Waals surface area contributed by atoms with E-state index in [9.17, 15) is 10.1 Å². The molecule has 72 valence electrons. The molecule has 0 aliphatic rings. The Kier molecular flexibility index (Phi) is 3.05. The van der Waals surface area contributed by atoms with E-state index in [0.717, 1.165) is 0 Å². The van der Waals surface area contributed by atoms with Crippen LogP contribution in [-0.4, -0.2) is 4.92 Å². The van der Waals surface area contributed by atoms with Crippen molar-refractivity contribution in [1.82, 2.24) is 0 Å². The SMILES string of the molecule is Cc1cc([N+](=O)[O-])cc(Cl)c1CC#N. The number of nitro groups is 1. The maximum atomic E-state index is 10.5. The number of rotatable bonds is 2. The van der Waals surface area contributed by atoms with E-state index in [1.54, 1.807) is 6.92 Å². The summed E-state index contributed by atoms with van der Waals surface area (Å²) in [7, 11) is 0. The van der Waals surface area contributed by atoms with E-state index in [2.05, 4.69) is 0 Å². The van der Waals surface area contributed by atoms with Crippen LogP contribution in [0.15, 0.2) is 12.1 Å². The summed E-state index contributed by atoms with van der Waals surface area (Å²) in [5.41, 5.74) is 1.28. The van der Waals surface area contributed by atoms with Crippen molar-refractivity contribution in [1.29, 1.82) is 5.26 Å². The molecular weight excluding hydrogens is 204 g/mol. The molecule has 0 bridgehead atoms. The summed E-state index contributed by atoms with van der Waals surface area (Å²) in [6.07, 6.45) is 0.169. The van der Waals surface area contributed by atoms with Crippen LogP contribution in [0.1, 0.15) is 11.1 Å². The fourth-order valence-corrected chi connectivity index (χ4v) is 1.49. The normalized spacial score (nSPS) is 9.50. The van der Waals surface area contributed by atoms with Crippen LogP contribution in [0.4, 0.5) is 5.69 Å². The Morgan fingerprint density at radius 3 is 2.71 bits per heavy atom. The molecule has 0 saturated heterocycles. The lowest BCUT2D eigenvalue weighted by atomic mass is 10.1. The third-order valence-corrected chi connectivity index (χ3v) is 2.21. The van der Waals surface area contributed by atoms with Crippen LogP contribution < -0.4 is 0 Å². The Bertz CT molecular complexity index is 400. The molecule has 1 aromatic rings. The van der Waals surface area contributed by atoms with Crippen LogP contribution in [0.25, 0.3) is 0 Å². The highest BCUT2D eigenvalue weighted by Gasteiger charge is 2.12. The second-order valence-corrected chi connectivity index (χ2v) is 3.22. The molecule has 0 unspecified atom stereocenters. The first-order chi connectivity index (χ1) is 6.56. The third-order valence-electron chi connectivity index (χ3n) is 1.87. The van der Waals surface area contributed by atoms with Gasteiger partial charge in [0.1, 0.15) is 0 Å². The molecule has 14 heavy (non-hydrogen) atoms. The summed E-state index contributed by atoms with van der Waals surface area (Å²) in [5.74, 6) is 0. The lowest BCUT2D eigenvalue weighted by Crippen LogP contribution is -1.94. The molecule has 0 amide bonds. The fourth-order valence-electron chi connectivity index (χ4n) is 1.16. The van der Waals surface area contributed by atoms with Gasteiger partial charge in [-0.25, -0.2) is 0 Å². The standard InChI is InChI=1S/C9H7ClN2O2/c1-6-4-7(12(13)14)5-9(10)8(6)2-3-11/h4-5H,2H2,1H3. The average Bonchev–Trinajstić information content (AvgIpc) is 2.10. The van der Waals surface area contributed by atoms with E-state index in [-0.39, 0.29) is 17.1 Å². The summed E-state index contributed by atoms with van der Waals surface area (Å²) >= 11 is 5.80. The Labute approximate surface area is 85.9 Å². The minimum atomic E-state index is -0.505. The molecule has 0 heterocycles. The van der Waals surface area contributed by atoms with Crippen LogP contribution in [0.2, 0.25) is 5.02 Å². The minimum absolute atomic E-state index is 0.0470. The Hall–Kier alpha value is -1.60. The first kappa shape index (κ1) is 10.5. The smallest absolute Gasteiger partial charge is 0.258 e. The van der Waals surface area contributed by atoms with Crippen molar-refractivity contribution >= 4 is 17.3 Å². The lowest BCUT2D eigenvalue weighted by molar-refractivity contribution is -0.384. The lowest BCUT2D eigenvalue weighted by Gasteiger charge is -2.03. The van der Waals surface area contributed by atoms with Crippen LogP contribution in [-0.2, 0) is 6.42 Å². The van der Waals surface area contributed by atoms with Crippen molar-refractivity contribution in [2.24, 2.45) is 0 Å². The molecule has 0 aromatic heterocycles. The molecule has 0 fully saturated rings. The zero-order valence-corrected chi connectivity index (χ0v) is 8.21. The van der Waals surface area contributed by atoms with Gasteiger partial charge in [0.25, 0.3) is 5.69 Å². The zero-order valence-electron chi connectivity index (χ0n) is 7.45. The molecule has 1 aromatic carbocycles. The molecule has 0 aliphatic carbocycles. The first-order valence-corrected chi connectivity index (χ1v) is 4.24. The predicted octanol–water partition coefficient (Wildman–Crippen LogP) is 2.62. The van der Waals surface area contributed by atoms with E-state index in [1.807, 2.05) is 6.07 Å². The van der Waals surface area contributed by atoms with Crippen molar-refractivity contribution in [2.45, 2.75) is 13.3 Å². The van der Waals surface area contributed by atoms with Crippen molar-refractivity contribution in [3.05, 3.63) is 38.4 Å². The predicted molar refractivity (Wildman–Crippen MR) is 52.2 cm³/mol. The minimum Gasteiger partial charge on any atom is -0.258 e. The first-order valence-electron chi connectivity index (χ1n) is 3.86. The van der Waals surface area contributed by atoms with Gasteiger partial charge in [-0.1, -0.05) is 11.6 Å². The summed E-state index contributed by atoms with van der Waals surface area (Å²) < 4.78 is 0. The number of hydrogen-bond donors (Lipinski definition) is 0. The van der Waals surface area contributed by atoms with Crippen molar-refractivity contribution < 1.29 is 4.92 Å². The second-order valence-electron chi connectivity index (χ2n) is 2.82. The van der Waals surface area contributed by atoms with Crippen molar-refractivity contribution in [3.63, 3.8) is 0 Å². The number of aryl methyl sites for hydroxylation is 1. The summed E-state index contributed by atoms with van der Waals surface area (Å²) in [4.78, 5) is 9.95. The van der Waals surface area contributed by atoms with Gasteiger partial charge < -0.3 is 0 Å². The highest BCUT2D eigenvalue weighted by molar-refractivity contribution is 6.31. The summed E-state index contributed by atoms with van der Waals surface area (Å²) in [5, 5.41) is 19.2. The van der Waals surface area contributed by atoms with Crippen LogP contribution in [0, 0.1) is 28.4 Å². The molecule has 0 N–H and O–H groups in total. The van der Waals surface area contributed by atoms with Crippen molar-refractivity contribution in [3.8, 4) is 6.07 Å². The van der Waals surface area contributed by atoms with E-state index < -0.39 is 4.92 Å². The molecule has 0 radical (unpaired) electrons. The highest BCUT2D eigenvalue weighted by atomic mass is 35.5. The molecule has 0 atom stereocenters. The van der Waals surface area contributed by atoms with E-state index in [1.165, 1.54) is 12.1 Å².